The highest BCUT2D eigenvalue weighted by molar-refractivity contribution is 9.10. The Morgan fingerprint density at radius 1 is 0.960 bits per heavy atom. The van der Waals surface area contributed by atoms with Crippen LogP contribution in [0, 0.1) is 0 Å². The summed E-state index contributed by atoms with van der Waals surface area (Å²) in [6, 6.07) is 16.5. The molecule has 0 bridgehead atoms. The van der Waals surface area contributed by atoms with Gasteiger partial charge in [0.1, 0.15) is 0 Å². The highest BCUT2D eigenvalue weighted by Gasteiger charge is 2.18. The lowest BCUT2D eigenvalue weighted by atomic mass is 10.2. The van der Waals surface area contributed by atoms with E-state index >= 15 is 0 Å². The number of halogens is 1. The van der Waals surface area contributed by atoms with E-state index in [0.29, 0.717) is 0 Å². The fourth-order valence-electron chi connectivity index (χ4n) is 3.00. The fraction of sp³-hybridized carbons (Fsp3) is 0.118. The Hall–Kier alpha value is -2.32. The lowest BCUT2D eigenvalue weighted by molar-refractivity contribution is 0.816. The van der Waals surface area contributed by atoms with E-state index in [1.807, 2.05) is 40.2 Å². The molecule has 0 N–H and O–H groups in total. The SMILES string of the molecule is Cn1c2ccccc2n2c1nn1c(SCc3ccc(Br)cc3)nnc12. The minimum Gasteiger partial charge on any atom is -0.311 e. The van der Waals surface area contributed by atoms with Gasteiger partial charge in [-0.1, -0.05) is 52.0 Å². The van der Waals surface area contributed by atoms with E-state index in [1.54, 1.807) is 11.8 Å². The van der Waals surface area contributed by atoms with Crippen molar-refractivity contribution in [1.82, 2.24) is 28.8 Å². The number of benzene rings is 2. The highest BCUT2D eigenvalue weighted by Crippen LogP contribution is 2.26. The fourth-order valence-corrected chi connectivity index (χ4v) is 4.10. The van der Waals surface area contributed by atoms with Crippen molar-refractivity contribution in [2.45, 2.75) is 10.9 Å². The molecular weight excluding hydrogens is 400 g/mol. The number of hydrogen-bond acceptors (Lipinski definition) is 4. The number of thioether (sulfide) groups is 1. The molecule has 0 radical (unpaired) electrons. The van der Waals surface area contributed by atoms with Crippen molar-refractivity contribution in [1.29, 1.82) is 0 Å². The number of rotatable bonds is 3. The molecule has 0 unspecified atom stereocenters. The minimum atomic E-state index is 0.741. The van der Waals surface area contributed by atoms with E-state index in [9.17, 15) is 0 Å². The van der Waals surface area contributed by atoms with Crippen molar-refractivity contribution in [2.24, 2.45) is 7.05 Å². The van der Waals surface area contributed by atoms with Crippen molar-refractivity contribution in [3.8, 4) is 0 Å². The standard InChI is InChI=1S/C17H13BrN6S/c1-22-13-4-2-3-5-14(13)23-15-19-20-17(24(15)21-16(22)23)25-10-11-6-8-12(18)9-7-11/h2-9H,10H2,1H3. The first-order chi connectivity index (χ1) is 12.2. The van der Waals surface area contributed by atoms with Crippen molar-refractivity contribution in [3.63, 3.8) is 0 Å². The molecule has 8 heteroatoms. The maximum Gasteiger partial charge on any atom is 0.260 e. The lowest BCUT2D eigenvalue weighted by Gasteiger charge is -1.99. The summed E-state index contributed by atoms with van der Waals surface area (Å²) in [5, 5.41) is 14.2. The zero-order valence-electron chi connectivity index (χ0n) is 13.3. The van der Waals surface area contributed by atoms with Crippen LogP contribution in [-0.2, 0) is 12.8 Å². The predicted octanol–water partition coefficient (Wildman–Crippen LogP) is 3.92. The van der Waals surface area contributed by atoms with Crippen LogP contribution in [0.2, 0.25) is 0 Å². The van der Waals surface area contributed by atoms with Crippen molar-refractivity contribution < 1.29 is 0 Å². The molecule has 0 atom stereocenters. The predicted molar refractivity (Wildman–Crippen MR) is 102 cm³/mol. The number of aryl methyl sites for hydroxylation is 1. The van der Waals surface area contributed by atoms with Gasteiger partial charge in [0, 0.05) is 17.3 Å². The molecule has 0 saturated heterocycles. The van der Waals surface area contributed by atoms with Crippen LogP contribution in [0.1, 0.15) is 5.56 Å². The third-order valence-electron chi connectivity index (χ3n) is 4.25. The van der Waals surface area contributed by atoms with Crippen LogP contribution in [0.5, 0.6) is 0 Å². The molecule has 6 nitrogen and oxygen atoms in total. The summed E-state index contributed by atoms with van der Waals surface area (Å²) in [6.07, 6.45) is 0. The van der Waals surface area contributed by atoms with Crippen LogP contribution >= 0.6 is 27.7 Å². The molecule has 0 amide bonds. The van der Waals surface area contributed by atoms with Gasteiger partial charge >= 0.3 is 0 Å². The summed E-state index contributed by atoms with van der Waals surface area (Å²) in [6.45, 7) is 0. The van der Waals surface area contributed by atoms with E-state index < -0.39 is 0 Å². The van der Waals surface area contributed by atoms with Crippen molar-refractivity contribution in [2.75, 3.05) is 0 Å². The molecule has 5 aromatic rings. The molecule has 2 aromatic carbocycles. The van der Waals surface area contributed by atoms with Crippen LogP contribution in [0.3, 0.4) is 0 Å². The Morgan fingerprint density at radius 2 is 1.72 bits per heavy atom. The molecule has 0 aliphatic rings. The Balaban J connectivity index is 1.58. The number of para-hydroxylation sites is 2. The number of aromatic nitrogens is 6. The monoisotopic (exact) mass is 412 g/mol. The van der Waals surface area contributed by atoms with Gasteiger partial charge in [0.2, 0.25) is 10.9 Å². The van der Waals surface area contributed by atoms with E-state index in [0.717, 1.165) is 38.0 Å². The third-order valence-corrected chi connectivity index (χ3v) is 5.77. The molecule has 0 spiro atoms. The Bertz CT molecular complexity index is 1220. The van der Waals surface area contributed by atoms with Gasteiger partial charge in [-0.15, -0.1) is 15.3 Å². The van der Waals surface area contributed by atoms with Gasteiger partial charge < -0.3 is 4.57 Å². The average molecular weight is 413 g/mol. The summed E-state index contributed by atoms with van der Waals surface area (Å²) in [7, 11) is 2.02. The maximum absolute atomic E-state index is 4.73. The smallest absolute Gasteiger partial charge is 0.260 e. The van der Waals surface area contributed by atoms with Crippen LogP contribution in [0.25, 0.3) is 22.6 Å². The number of fused-ring (bicyclic) bond motifs is 5. The van der Waals surface area contributed by atoms with Crippen molar-refractivity contribution in [3.05, 3.63) is 58.6 Å². The zero-order valence-corrected chi connectivity index (χ0v) is 15.7. The van der Waals surface area contributed by atoms with Gasteiger partial charge in [-0.2, -0.15) is 4.52 Å². The van der Waals surface area contributed by atoms with Crippen LogP contribution in [0.4, 0.5) is 0 Å². The topological polar surface area (TPSA) is 52.4 Å². The normalized spacial score (nSPS) is 11.9. The van der Waals surface area contributed by atoms with Crippen molar-refractivity contribution >= 4 is 50.3 Å². The van der Waals surface area contributed by atoms with Gasteiger partial charge in [-0.05, 0) is 29.8 Å². The Labute approximate surface area is 155 Å². The first kappa shape index (κ1) is 15.0. The van der Waals surface area contributed by atoms with E-state index in [4.69, 9.17) is 5.10 Å². The number of imidazole rings is 1. The molecule has 0 aliphatic heterocycles. The Kier molecular flexibility index (Phi) is 3.36. The summed E-state index contributed by atoms with van der Waals surface area (Å²) in [5.74, 6) is 2.42. The third kappa shape index (κ3) is 2.28. The molecule has 124 valence electrons. The largest absolute Gasteiger partial charge is 0.311 e. The molecule has 5 rings (SSSR count). The van der Waals surface area contributed by atoms with Gasteiger partial charge in [-0.3, -0.25) is 0 Å². The van der Waals surface area contributed by atoms with Gasteiger partial charge in [0.05, 0.1) is 11.0 Å². The van der Waals surface area contributed by atoms with Gasteiger partial charge in [-0.25, -0.2) is 4.40 Å². The molecule has 0 saturated carbocycles. The first-order valence-electron chi connectivity index (χ1n) is 7.77. The van der Waals surface area contributed by atoms with E-state index in [1.165, 1.54) is 5.56 Å². The van der Waals surface area contributed by atoms with Crippen LogP contribution < -0.4 is 0 Å². The second-order valence-corrected chi connectivity index (χ2v) is 7.65. The van der Waals surface area contributed by atoms with Gasteiger partial charge in [0.25, 0.3) is 5.78 Å². The number of hydrogen-bond donors (Lipinski definition) is 0. The molecule has 3 aromatic heterocycles. The second kappa shape index (κ2) is 5.60. The minimum absolute atomic E-state index is 0.741. The summed E-state index contributed by atoms with van der Waals surface area (Å²) < 4.78 is 7.03. The summed E-state index contributed by atoms with van der Waals surface area (Å²) in [4.78, 5) is 0. The quantitative estimate of drug-likeness (QED) is 0.421. The molecule has 25 heavy (non-hydrogen) atoms. The van der Waals surface area contributed by atoms with E-state index in [-0.39, 0.29) is 0 Å². The highest BCUT2D eigenvalue weighted by atomic mass is 79.9. The Morgan fingerprint density at radius 3 is 2.52 bits per heavy atom. The molecule has 0 aliphatic carbocycles. The van der Waals surface area contributed by atoms with Crippen LogP contribution in [-0.4, -0.2) is 28.8 Å². The van der Waals surface area contributed by atoms with E-state index in [2.05, 4.69) is 55.0 Å². The first-order valence-corrected chi connectivity index (χ1v) is 9.55. The summed E-state index contributed by atoms with van der Waals surface area (Å²) in [5.41, 5.74) is 3.44. The zero-order chi connectivity index (χ0) is 17.0. The number of nitrogens with zero attached hydrogens (tertiary/aromatic N) is 6. The van der Waals surface area contributed by atoms with Crippen LogP contribution in [0.15, 0.2) is 58.2 Å². The van der Waals surface area contributed by atoms with Gasteiger partial charge in [0.15, 0.2) is 0 Å². The average Bonchev–Trinajstić information content (AvgIpc) is 3.27. The maximum atomic E-state index is 4.73. The molecule has 0 fully saturated rings. The molecular formula is C17H13BrN6S. The second-order valence-electron chi connectivity index (χ2n) is 5.79. The molecule has 3 heterocycles. The summed E-state index contributed by atoms with van der Waals surface area (Å²) >= 11 is 5.10. The lowest BCUT2D eigenvalue weighted by Crippen LogP contribution is -1.93.